The number of aryl methyl sites for hydroxylation is 1. The lowest BCUT2D eigenvalue weighted by atomic mass is 9.86. The number of benzene rings is 1. The zero-order chi connectivity index (χ0) is 13.0. The van der Waals surface area contributed by atoms with E-state index in [-0.39, 0.29) is 0 Å². The highest BCUT2D eigenvalue weighted by molar-refractivity contribution is 7.80. The number of rotatable bonds is 2. The van der Waals surface area contributed by atoms with E-state index in [9.17, 15) is 0 Å². The van der Waals surface area contributed by atoms with Crippen molar-refractivity contribution in [2.45, 2.75) is 45.6 Å². The normalized spacial score (nSPS) is 23.4. The monoisotopic (exact) mass is 262 g/mol. The highest BCUT2D eigenvalue weighted by Gasteiger charge is 2.21. The van der Waals surface area contributed by atoms with Gasteiger partial charge >= 0.3 is 0 Å². The van der Waals surface area contributed by atoms with E-state index in [4.69, 9.17) is 12.2 Å². The summed E-state index contributed by atoms with van der Waals surface area (Å²) in [5.41, 5.74) is 2.32. The Labute approximate surface area is 115 Å². The standard InChI is InChI=1S/C15H22N2S/c1-11-7-3-5-9-13(11)16-15(18)17-14-10-6-4-8-12(14)2/h3,5,7,9,12,14H,4,6,8,10H2,1-2H3,(H2,16,17,18). The van der Waals surface area contributed by atoms with Crippen LogP contribution in [0.5, 0.6) is 0 Å². The summed E-state index contributed by atoms with van der Waals surface area (Å²) < 4.78 is 0. The van der Waals surface area contributed by atoms with Gasteiger partial charge in [-0.15, -0.1) is 0 Å². The molecular formula is C15H22N2S. The maximum atomic E-state index is 5.41. The lowest BCUT2D eigenvalue weighted by Crippen LogP contribution is -2.43. The Bertz CT molecular complexity index is 417. The molecule has 1 aromatic rings. The molecule has 18 heavy (non-hydrogen) atoms. The Balaban J connectivity index is 1.90. The molecule has 98 valence electrons. The first-order chi connectivity index (χ1) is 8.66. The maximum Gasteiger partial charge on any atom is 0.171 e. The van der Waals surface area contributed by atoms with Gasteiger partial charge in [0.05, 0.1) is 0 Å². The van der Waals surface area contributed by atoms with Gasteiger partial charge in [0.15, 0.2) is 5.11 Å². The predicted molar refractivity (Wildman–Crippen MR) is 82.0 cm³/mol. The SMILES string of the molecule is Cc1ccccc1NC(=S)NC1CCCCC1C. The van der Waals surface area contributed by atoms with Gasteiger partial charge in [0.25, 0.3) is 0 Å². The first-order valence-corrected chi connectivity index (χ1v) is 7.21. The van der Waals surface area contributed by atoms with Gasteiger partial charge in [0, 0.05) is 11.7 Å². The molecule has 2 nitrogen and oxygen atoms in total. The van der Waals surface area contributed by atoms with Crippen LogP contribution in [-0.4, -0.2) is 11.2 Å². The molecular weight excluding hydrogens is 240 g/mol. The zero-order valence-corrected chi connectivity index (χ0v) is 12.0. The summed E-state index contributed by atoms with van der Waals surface area (Å²) in [5.74, 6) is 0.718. The van der Waals surface area contributed by atoms with Crippen LogP contribution in [0.15, 0.2) is 24.3 Å². The number of thiocarbonyl (C=S) groups is 1. The van der Waals surface area contributed by atoms with Crippen molar-refractivity contribution in [3.63, 3.8) is 0 Å². The van der Waals surface area contributed by atoms with E-state index in [0.717, 1.165) is 16.7 Å². The molecule has 0 bridgehead atoms. The summed E-state index contributed by atoms with van der Waals surface area (Å²) >= 11 is 5.41. The van der Waals surface area contributed by atoms with Crippen molar-refractivity contribution in [2.24, 2.45) is 5.92 Å². The van der Waals surface area contributed by atoms with Crippen LogP contribution < -0.4 is 10.6 Å². The van der Waals surface area contributed by atoms with Crippen molar-refractivity contribution in [1.29, 1.82) is 0 Å². The maximum absolute atomic E-state index is 5.41. The quantitative estimate of drug-likeness (QED) is 0.791. The summed E-state index contributed by atoms with van der Waals surface area (Å²) in [6, 6.07) is 8.76. The van der Waals surface area contributed by atoms with Gasteiger partial charge in [0.2, 0.25) is 0 Å². The van der Waals surface area contributed by atoms with Gasteiger partial charge in [-0.25, -0.2) is 0 Å². The van der Waals surface area contributed by atoms with Gasteiger partial charge in [-0.3, -0.25) is 0 Å². The van der Waals surface area contributed by atoms with Gasteiger partial charge in [0.1, 0.15) is 0 Å². The molecule has 0 amide bonds. The van der Waals surface area contributed by atoms with Crippen LogP contribution in [0.25, 0.3) is 0 Å². The molecule has 0 aromatic heterocycles. The first kappa shape index (κ1) is 13.3. The van der Waals surface area contributed by atoms with Crippen LogP contribution in [0.2, 0.25) is 0 Å². The predicted octanol–water partition coefficient (Wildman–Crippen LogP) is 3.86. The Morgan fingerprint density at radius 2 is 1.94 bits per heavy atom. The second-order valence-corrected chi connectivity index (χ2v) is 5.69. The number of hydrogen-bond acceptors (Lipinski definition) is 1. The van der Waals surface area contributed by atoms with E-state index in [1.165, 1.54) is 31.2 Å². The van der Waals surface area contributed by atoms with E-state index in [1.54, 1.807) is 0 Å². The van der Waals surface area contributed by atoms with E-state index in [2.05, 4.69) is 36.6 Å². The molecule has 2 unspecified atom stereocenters. The minimum absolute atomic E-state index is 0.530. The number of anilines is 1. The van der Waals surface area contributed by atoms with Crippen LogP contribution in [0.3, 0.4) is 0 Å². The fourth-order valence-electron chi connectivity index (χ4n) is 2.57. The molecule has 0 saturated heterocycles. The molecule has 2 rings (SSSR count). The van der Waals surface area contributed by atoms with Gasteiger partial charge in [-0.05, 0) is 49.5 Å². The van der Waals surface area contributed by atoms with Gasteiger partial charge in [-0.1, -0.05) is 38.0 Å². The number of nitrogens with one attached hydrogen (secondary N) is 2. The van der Waals surface area contributed by atoms with E-state index in [1.807, 2.05) is 12.1 Å². The third-order valence-corrected chi connectivity index (χ3v) is 4.04. The average molecular weight is 262 g/mol. The molecule has 1 fully saturated rings. The fraction of sp³-hybridized carbons (Fsp3) is 0.533. The topological polar surface area (TPSA) is 24.1 Å². The molecule has 2 atom stereocenters. The molecule has 0 aliphatic heterocycles. The number of para-hydroxylation sites is 1. The van der Waals surface area contributed by atoms with Crippen LogP contribution in [0.4, 0.5) is 5.69 Å². The molecule has 0 radical (unpaired) electrons. The number of hydrogen-bond donors (Lipinski definition) is 2. The second-order valence-electron chi connectivity index (χ2n) is 5.28. The fourth-order valence-corrected chi connectivity index (χ4v) is 2.83. The lowest BCUT2D eigenvalue weighted by Gasteiger charge is -2.30. The van der Waals surface area contributed by atoms with Crippen LogP contribution in [0, 0.1) is 12.8 Å². The third-order valence-electron chi connectivity index (χ3n) is 3.82. The van der Waals surface area contributed by atoms with Crippen molar-refractivity contribution in [3.05, 3.63) is 29.8 Å². The zero-order valence-electron chi connectivity index (χ0n) is 11.2. The van der Waals surface area contributed by atoms with Crippen LogP contribution >= 0.6 is 12.2 Å². The molecule has 0 spiro atoms. The molecule has 3 heteroatoms. The van der Waals surface area contributed by atoms with Crippen molar-refractivity contribution in [1.82, 2.24) is 5.32 Å². The largest absolute Gasteiger partial charge is 0.359 e. The van der Waals surface area contributed by atoms with Crippen LogP contribution in [-0.2, 0) is 0 Å². The molecule has 0 heterocycles. The molecule has 1 aromatic carbocycles. The van der Waals surface area contributed by atoms with Crippen molar-refractivity contribution >= 4 is 23.0 Å². The highest BCUT2D eigenvalue weighted by Crippen LogP contribution is 2.24. The Hall–Kier alpha value is -1.09. The Morgan fingerprint density at radius 3 is 2.67 bits per heavy atom. The summed E-state index contributed by atoms with van der Waals surface area (Å²) in [7, 11) is 0. The van der Waals surface area contributed by atoms with E-state index >= 15 is 0 Å². The minimum atomic E-state index is 0.530. The van der Waals surface area contributed by atoms with Crippen molar-refractivity contribution in [3.8, 4) is 0 Å². The second kappa shape index (κ2) is 6.19. The first-order valence-electron chi connectivity index (χ1n) is 6.80. The molecule has 1 aliphatic rings. The molecule has 1 aliphatic carbocycles. The summed E-state index contributed by atoms with van der Waals surface area (Å²) in [6.07, 6.45) is 5.22. The smallest absolute Gasteiger partial charge is 0.171 e. The van der Waals surface area contributed by atoms with Crippen molar-refractivity contribution in [2.75, 3.05) is 5.32 Å². The highest BCUT2D eigenvalue weighted by atomic mass is 32.1. The Morgan fingerprint density at radius 1 is 1.22 bits per heavy atom. The average Bonchev–Trinajstić information content (AvgIpc) is 2.35. The van der Waals surface area contributed by atoms with E-state index in [0.29, 0.717) is 6.04 Å². The Kier molecular flexibility index (Phi) is 4.59. The van der Waals surface area contributed by atoms with E-state index < -0.39 is 0 Å². The summed E-state index contributed by atoms with van der Waals surface area (Å²) in [6.45, 7) is 4.40. The summed E-state index contributed by atoms with van der Waals surface area (Å²) in [5, 5.41) is 7.52. The molecule has 2 N–H and O–H groups in total. The van der Waals surface area contributed by atoms with Gasteiger partial charge < -0.3 is 10.6 Å². The minimum Gasteiger partial charge on any atom is -0.359 e. The van der Waals surface area contributed by atoms with Crippen LogP contribution in [0.1, 0.15) is 38.2 Å². The summed E-state index contributed by atoms with van der Waals surface area (Å²) in [4.78, 5) is 0. The molecule has 1 saturated carbocycles. The third kappa shape index (κ3) is 3.45. The van der Waals surface area contributed by atoms with Crippen molar-refractivity contribution < 1.29 is 0 Å². The lowest BCUT2D eigenvalue weighted by molar-refractivity contribution is 0.309. The van der Waals surface area contributed by atoms with Gasteiger partial charge in [-0.2, -0.15) is 0 Å².